The number of nitrogens with one attached hydrogen (secondary N) is 3. The van der Waals surface area contributed by atoms with E-state index in [0.717, 1.165) is 30.9 Å². The summed E-state index contributed by atoms with van der Waals surface area (Å²) in [4.78, 5) is 8.10. The molecule has 0 fully saturated rings. The molecule has 0 aliphatic rings. The van der Waals surface area contributed by atoms with Crippen LogP contribution in [0, 0.1) is 13.8 Å². The number of hydrogen-bond donors (Lipinski definition) is 3. The van der Waals surface area contributed by atoms with Gasteiger partial charge in [-0.05, 0) is 38.5 Å². The zero-order valence-corrected chi connectivity index (χ0v) is 16.8. The molecule has 0 unspecified atom stereocenters. The maximum absolute atomic E-state index is 12.1. The Morgan fingerprint density at radius 3 is 2.63 bits per heavy atom. The Labute approximate surface area is 160 Å². The van der Waals surface area contributed by atoms with Crippen LogP contribution in [-0.2, 0) is 16.6 Å². The lowest BCUT2D eigenvalue weighted by Crippen LogP contribution is -2.42. The highest BCUT2D eigenvalue weighted by molar-refractivity contribution is 7.89. The lowest BCUT2D eigenvalue weighted by atomic mass is 10.4. The first-order valence-electron chi connectivity index (χ1n) is 8.77. The molecule has 9 nitrogen and oxygen atoms in total. The van der Waals surface area contributed by atoms with Crippen LogP contribution in [0.25, 0.3) is 0 Å². The van der Waals surface area contributed by atoms with Crippen molar-refractivity contribution < 1.29 is 8.42 Å². The normalized spacial score (nSPS) is 12.2. The molecule has 2 rings (SSSR count). The Balaban J connectivity index is 1.66. The molecule has 0 aliphatic carbocycles. The molecule has 0 radical (unpaired) electrons. The highest BCUT2D eigenvalue weighted by atomic mass is 32.2. The van der Waals surface area contributed by atoms with E-state index >= 15 is 0 Å². The fraction of sp³-hybridized carbons (Fsp3) is 0.471. The van der Waals surface area contributed by atoms with E-state index in [4.69, 9.17) is 0 Å². The van der Waals surface area contributed by atoms with Gasteiger partial charge < -0.3 is 10.6 Å². The predicted molar refractivity (Wildman–Crippen MR) is 105 cm³/mol. The average molecular weight is 394 g/mol. The number of sulfonamides is 1. The summed E-state index contributed by atoms with van der Waals surface area (Å²) in [5.41, 5.74) is 2.17. The molecule has 0 saturated heterocycles. The maximum atomic E-state index is 12.1. The van der Waals surface area contributed by atoms with E-state index in [2.05, 4.69) is 36.5 Å². The minimum absolute atomic E-state index is 0.150. The summed E-state index contributed by atoms with van der Waals surface area (Å²) in [7, 11) is -1.86. The van der Waals surface area contributed by atoms with Crippen LogP contribution in [0.4, 0.5) is 0 Å². The third-order valence-electron chi connectivity index (χ3n) is 3.82. The van der Waals surface area contributed by atoms with Crippen molar-refractivity contribution in [3.8, 4) is 0 Å². The van der Waals surface area contributed by atoms with Crippen LogP contribution in [0.5, 0.6) is 0 Å². The summed E-state index contributed by atoms with van der Waals surface area (Å²) < 4.78 is 28.7. The van der Waals surface area contributed by atoms with Crippen LogP contribution in [0.3, 0.4) is 0 Å². The molecule has 0 saturated carbocycles. The molecule has 0 spiro atoms. The Hall–Kier alpha value is -2.46. The molecule has 0 amide bonds. The molecular weight excluding hydrogens is 366 g/mol. The quantitative estimate of drug-likeness (QED) is 0.323. The van der Waals surface area contributed by atoms with Crippen molar-refractivity contribution in [1.29, 1.82) is 0 Å². The number of hydrogen-bond acceptors (Lipinski definition) is 5. The van der Waals surface area contributed by atoms with Crippen LogP contribution in [0.2, 0.25) is 0 Å². The van der Waals surface area contributed by atoms with Crippen LogP contribution < -0.4 is 15.4 Å². The number of aliphatic imine (C=N–C) groups is 1. The van der Waals surface area contributed by atoms with E-state index in [9.17, 15) is 8.42 Å². The minimum atomic E-state index is -3.54. The number of nitrogens with zero attached hydrogens (tertiary/aromatic N) is 4. The van der Waals surface area contributed by atoms with E-state index in [1.807, 2.05) is 18.5 Å². The van der Waals surface area contributed by atoms with Crippen molar-refractivity contribution in [2.24, 2.45) is 4.99 Å². The van der Waals surface area contributed by atoms with Crippen LogP contribution >= 0.6 is 0 Å². The van der Waals surface area contributed by atoms with Gasteiger partial charge in [-0.1, -0.05) is 0 Å². The van der Waals surface area contributed by atoms with E-state index < -0.39 is 10.0 Å². The van der Waals surface area contributed by atoms with Gasteiger partial charge in [-0.2, -0.15) is 5.10 Å². The van der Waals surface area contributed by atoms with Gasteiger partial charge in [-0.3, -0.25) is 14.7 Å². The van der Waals surface area contributed by atoms with E-state index in [-0.39, 0.29) is 11.4 Å². The number of aromatic nitrogens is 3. The molecule has 2 heterocycles. The van der Waals surface area contributed by atoms with Crippen molar-refractivity contribution in [2.75, 3.05) is 26.7 Å². The zero-order valence-electron chi connectivity index (χ0n) is 15.9. The van der Waals surface area contributed by atoms with Crippen LogP contribution in [0.1, 0.15) is 17.8 Å². The largest absolute Gasteiger partial charge is 0.356 e. The highest BCUT2D eigenvalue weighted by Gasteiger charge is 2.12. The number of pyridine rings is 1. The minimum Gasteiger partial charge on any atom is -0.356 e. The maximum Gasteiger partial charge on any atom is 0.242 e. The fourth-order valence-corrected chi connectivity index (χ4v) is 3.51. The van der Waals surface area contributed by atoms with Gasteiger partial charge in [0.2, 0.25) is 10.0 Å². The summed E-state index contributed by atoms with van der Waals surface area (Å²) in [6.45, 7) is 6.24. The summed E-state index contributed by atoms with van der Waals surface area (Å²) in [6, 6.07) is 5.15. The second-order valence-electron chi connectivity index (χ2n) is 6.02. The van der Waals surface area contributed by atoms with Crippen molar-refractivity contribution in [2.45, 2.75) is 31.7 Å². The SMILES string of the molecule is CN=C(NCCCn1nc(C)cc1C)NCCNS(=O)(=O)c1cccnc1. The van der Waals surface area contributed by atoms with Gasteiger partial charge in [-0.15, -0.1) is 0 Å². The molecule has 2 aromatic heterocycles. The van der Waals surface area contributed by atoms with Crippen molar-refractivity contribution in [3.05, 3.63) is 42.0 Å². The second kappa shape index (κ2) is 10.0. The van der Waals surface area contributed by atoms with E-state index in [1.54, 1.807) is 13.1 Å². The fourth-order valence-electron chi connectivity index (χ4n) is 2.51. The van der Waals surface area contributed by atoms with Gasteiger partial charge in [0.05, 0.1) is 5.69 Å². The Morgan fingerprint density at radius 1 is 1.22 bits per heavy atom. The molecule has 0 aliphatic heterocycles. The molecule has 10 heteroatoms. The Kier molecular flexibility index (Phi) is 7.74. The molecule has 0 bridgehead atoms. The molecule has 27 heavy (non-hydrogen) atoms. The van der Waals surface area contributed by atoms with Gasteiger partial charge in [0.1, 0.15) is 4.90 Å². The smallest absolute Gasteiger partial charge is 0.242 e. The van der Waals surface area contributed by atoms with Gasteiger partial charge >= 0.3 is 0 Å². The van der Waals surface area contributed by atoms with Crippen LogP contribution in [-0.4, -0.2) is 55.8 Å². The van der Waals surface area contributed by atoms with Crippen molar-refractivity contribution in [3.63, 3.8) is 0 Å². The highest BCUT2D eigenvalue weighted by Crippen LogP contribution is 2.04. The van der Waals surface area contributed by atoms with Crippen LogP contribution in [0.15, 0.2) is 40.5 Å². The average Bonchev–Trinajstić information content (AvgIpc) is 2.98. The first-order valence-corrected chi connectivity index (χ1v) is 10.3. The first kappa shape index (κ1) is 20.8. The molecule has 0 aromatic carbocycles. The monoisotopic (exact) mass is 393 g/mol. The number of aryl methyl sites for hydroxylation is 3. The van der Waals surface area contributed by atoms with Crippen molar-refractivity contribution in [1.82, 2.24) is 30.1 Å². The summed E-state index contributed by atoms with van der Waals surface area (Å²) in [6.07, 6.45) is 3.75. The second-order valence-corrected chi connectivity index (χ2v) is 7.78. The Bertz CT molecular complexity index is 847. The zero-order chi connectivity index (χ0) is 19.7. The van der Waals surface area contributed by atoms with E-state index in [0.29, 0.717) is 12.5 Å². The lowest BCUT2D eigenvalue weighted by Gasteiger charge is -2.12. The lowest BCUT2D eigenvalue weighted by molar-refractivity contribution is 0.555. The standard InChI is InChI=1S/C17H27N7O2S/c1-14-12-15(2)24(23-14)11-5-8-20-17(18-3)21-9-10-22-27(25,26)16-6-4-7-19-13-16/h4,6-7,12-13,22H,5,8-11H2,1-3H3,(H2,18,20,21). The summed E-state index contributed by atoms with van der Waals surface area (Å²) in [5, 5.41) is 10.7. The van der Waals surface area contributed by atoms with Crippen molar-refractivity contribution >= 4 is 16.0 Å². The molecule has 2 aromatic rings. The number of rotatable bonds is 9. The van der Waals surface area contributed by atoms with Gasteiger partial charge in [-0.25, -0.2) is 13.1 Å². The molecule has 148 valence electrons. The van der Waals surface area contributed by atoms with Gasteiger partial charge in [0.25, 0.3) is 0 Å². The van der Waals surface area contributed by atoms with Gasteiger partial charge in [0, 0.05) is 51.3 Å². The Morgan fingerprint density at radius 2 is 2.00 bits per heavy atom. The van der Waals surface area contributed by atoms with E-state index in [1.165, 1.54) is 18.5 Å². The molecule has 3 N–H and O–H groups in total. The summed E-state index contributed by atoms with van der Waals surface area (Å²) >= 11 is 0. The summed E-state index contributed by atoms with van der Waals surface area (Å²) in [5.74, 6) is 0.629. The first-order chi connectivity index (χ1) is 12.9. The molecular formula is C17H27N7O2S. The topological polar surface area (TPSA) is 113 Å². The number of guanidine groups is 1. The third-order valence-corrected chi connectivity index (χ3v) is 5.27. The van der Waals surface area contributed by atoms with Gasteiger partial charge in [0.15, 0.2) is 5.96 Å². The predicted octanol–water partition coefficient (Wildman–Crippen LogP) is 0.429. The molecule has 0 atom stereocenters. The third kappa shape index (κ3) is 6.65.